The molecule has 0 radical (unpaired) electrons. The van der Waals surface area contributed by atoms with Crippen molar-refractivity contribution in [2.45, 2.75) is 45.4 Å². The number of rotatable bonds is 4. The molecule has 104 valence electrons. The summed E-state index contributed by atoms with van der Waals surface area (Å²) >= 11 is 0. The summed E-state index contributed by atoms with van der Waals surface area (Å²) < 4.78 is 5.53. The Morgan fingerprint density at radius 2 is 2.22 bits per heavy atom. The topological polar surface area (TPSA) is 29.5 Å². The van der Waals surface area contributed by atoms with Gasteiger partial charge in [0.15, 0.2) is 0 Å². The van der Waals surface area contributed by atoms with Crippen LogP contribution in [0.5, 0.6) is 0 Å². The molecule has 0 aliphatic carbocycles. The summed E-state index contributed by atoms with van der Waals surface area (Å²) in [5.41, 5.74) is -0.218. The molecular weight excluding hydrogens is 226 g/mol. The van der Waals surface area contributed by atoms with Crippen LogP contribution in [0, 0.1) is 11.3 Å². The molecular formula is C15H27NO2. The number of carbonyl (C=O) groups is 1. The van der Waals surface area contributed by atoms with Crippen LogP contribution in [-0.2, 0) is 9.53 Å². The molecule has 3 nitrogen and oxygen atoms in total. The molecule has 2 aliphatic rings. The summed E-state index contributed by atoms with van der Waals surface area (Å²) in [6.07, 6.45) is 8.44. The quantitative estimate of drug-likeness (QED) is 0.721. The predicted octanol–water partition coefficient (Wildman–Crippen LogP) is 2.49. The van der Waals surface area contributed by atoms with Crippen LogP contribution in [0.1, 0.15) is 45.4 Å². The number of nitrogens with zero attached hydrogens (tertiary/aromatic N) is 1. The molecule has 0 saturated carbocycles. The lowest BCUT2D eigenvalue weighted by Crippen LogP contribution is -2.44. The molecule has 2 aliphatic heterocycles. The largest absolute Gasteiger partial charge is 0.380 e. The summed E-state index contributed by atoms with van der Waals surface area (Å²) in [7, 11) is 0. The second-order valence-electron chi connectivity index (χ2n) is 6.12. The van der Waals surface area contributed by atoms with E-state index in [1.165, 1.54) is 25.7 Å². The molecule has 0 aromatic carbocycles. The van der Waals surface area contributed by atoms with Crippen LogP contribution in [0.3, 0.4) is 0 Å². The smallest absolute Gasteiger partial charge is 0.129 e. The summed E-state index contributed by atoms with van der Waals surface area (Å²) in [5.74, 6) is 0.893. The molecule has 3 heteroatoms. The Morgan fingerprint density at radius 1 is 1.33 bits per heavy atom. The minimum atomic E-state index is -0.218. The van der Waals surface area contributed by atoms with Crippen LogP contribution in [0.25, 0.3) is 0 Å². The van der Waals surface area contributed by atoms with Gasteiger partial charge in [-0.2, -0.15) is 0 Å². The van der Waals surface area contributed by atoms with E-state index in [0.29, 0.717) is 6.61 Å². The van der Waals surface area contributed by atoms with Crippen molar-refractivity contribution in [3.05, 3.63) is 0 Å². The Kier molecular flexibility index (Phi) is 5.19. The lowest BCUT2D eigenvalue weighted by atomic mass is 9.83. The van der Waals surface area contributed by atoms with Gasteiger partial charge in [0.05, 0.1) is 12.0 Å². The van der Waals surface area contributed by atoms with E-state index in [9.17, 15) is 4.79 Å². The van der Waals surface area contributed by atoms with Gasteiger partial charge in [0.25, 0.3) is 0 Å². The van der Waals surface area contributed by atoms with Gasteiger partial charge in [0.2, 0.25) is 0 Å². The van der Waals surface area contributed by atoms with Gasteiger partial charge >= 0.3 is 0 Å². The molecule has 0 N–H and O–H groups in total. The van der Waals surface area contributed by atoms with Crippen LogP contribution >= 0.6 is 0 Å². The van der Waals surface area contributed by atoms with E-state index in [1.807, 2.05) is 0 Å². The molecule has 2 fully saturated rings. The molecule has 2 heterocycles. The van der Waals surface area contributed by atoms with Gasteiger partial charge < -0.3 is 14.4 Å². The average Bonchev–Trinajstić information content (AvgIpc) is 2.65. The fraction of sp³-hybridized carbons (Fsp3) is 0.933. The highest BCUT2D eigenvalue weighted by atomic mass is 16.5. The summed E-state index contributed by atoms with van der Waals surface area (Å²) in [4.78, 5) is 14.0. The average molecular weight is 253 g/mol. The Labute approximate surface area is 111 Å². The van der Waals surface area contributed by atoms with E-state index in [0.717, 1.165) is 51.3 Å². The van der Waals surface area contributed by atoms with Crippen molar-refractivity contribution in [2.24, 2.45) is 11.3 Å². The zero-order chi connectivity index (χ0) is 12.8. The molecule has 18 heavy (non-hydrogen) atoms. The molecule has 0 aromatic rings. The molecule has 0 spiro atoms. The van der Waals surface area contributed by atoms with Gasteiger partial charge in [0.1, 0.15) is 6.29 Å². The van der Waals surface area contributed by atoms with Gasteiger partial charge in [-0.3, -0.25) is 0 Å². The number of carbonyl (C=O) groups excluding carboxylic acids is 1. The summed E-state index contributed by atoms with van der Waals surface area (Å²) in [5, 5.41) is 0. The van der Waals surface area contributed by atoms with Crippen LogP contribution < -0.4 is 0 Å². The first-order valence-electron chi connectivity index (χ1n) is 7.54. The van der Waals surface area contributed by atoms with Crippen molar-refractivity contribution < 1.29 is 9.53 Å². The second-order valence-corrected chi connectivity index (χ2v) is 6.12. The third kappa shape index (κ3) is 3.55. The fourth-order valence-electron chi connectivity index (χ4n) is 3.37. The monoisotopic (exact) mass is 253 g/mol. The number of hydrogen-bond acceptors (Lipinski definition) is 3. The Balaban J connectivity index is 1.89. The lowest BCUT2D eigenvalue weighted by molar-refractivity contribution is -0.125. The van der Waals surface area contributed by atoms with Crippen LogP contribution in [-0.4, -0.2) is 44.0 Å². The molecule has 2 rings (SSSR count). The van der Waals surface area contributed by atoms with E-state index in [1.54, 1.807) is 0 Å². The first-order chi connectivity index (χ1) is 8.78. The zero-order valence-electron chi connectivity index (χ0n) is 11.7. The Hall–Kier alpha value is -0.410. The number of aldehydes is 1. The van der Waals surface area contributed by atoms with Crippen LogP contribution in [0.2, 0.25) is 0 Å². The van der Waals surface area contributed by atoms with Crippen molar-refractivity contribution in [1.29, 1.82) is 0 Å². The third-order valence-corrected chi connectivity index (χ3v) is 4.66. The number of likely N-dealkylation sites (tertiary alicyclic amines) is 1. The van der Waals surface area contributed by atoms with Gasteiger partial charge in [0, 0.05) is 13.2 Å². The van der Waals surface area contributed by atoms with Gasteiger partial charge in [-0.15, -0.1) is 0 Å². The normalized spacial score (nSPS) is 35.1. The van der Waals surface area contributed by atoms with E-state index >= 15 is 0 Å². The highest BCUT2D eigenvalue weighted by Gasteiger charge is 2.35. The predicted molar refractivity (Wildman–Crippen MR) is 72.6 cm³/mol. The first-order valence-corrected chi connectivity index (χ1v) is 7.54. The van der Waals surface area contributed by atoms with Gasteiger partial charge in [-0.05, 0) is 51.1 Å². The van der Waals surface area contributed by atoms with Crippen molar-refractivity contribution in [2.75, 3.05) is 32.8 Å². The van der Waals surface area contributed by atoms with E-state index in [-0.39, 0.29) is 5.41 Å². The fourth-order valence-corrected chi connectivity index (χ4v) is 3.37. The maximum absolute atomic E-state index is 11.5. The van der Waals surface area contributed by atoms with Gasteiger partial charge in [-0.25, -0.2) is 0 Å². The van der Waals surface area contributed by atoms with E-state index in [2.05, 4.69) is 11.8 Å². The zero-order valence-corrected chi connectivity index (χ0v) is 11.7. The third-order valence-electron chi connectivity index (χ3n) is 4.66. The molecule has 0 amide bonds. The van der Waals surface area contributed by atoms with Crippen molar-refractivity contribution in [3.8, 4) is 0 Å². The van der Waals surface area contributed by atoms with Crippen molar-refractivity contribution in [3.63, 3.8) is 0 Å². The Morgan fingerprint density at radius 3 is 2.89 bits per heavy atom. The molecule has 0 aromatic heterocycles. The SMILES string of the molecule is CCC1CCCN(CC2(C=O)CCCOC2)CC1. The van der Waals surface area contributed by atoms with Crippen molar-refractivity contribution in [1.82, 2.24) is 4.90 Å². The lowest BCUT2D eigenvalue weighted by Gasteiger charge is -2.36. The van der Waals surface area contributed by atoms with E-state index < -0.39 is 0 Å². The maximum Gasteiger partial charge on any atom is 0.129 e. The van der Waals surface area contributed by atoms with E-state index in [4.69, 9.17) is 4.74 Å². The first kappa shape index (κ1) is 14.0. The summed E-state index contributed by atoms with van der Waals surface area (Å²) in [6, 6.07) is 0. The highest BCUT2D eigenvalue weighted by molar-refractivity contribution is 5.60. The standard InChI is InChI=1S/C15H27NO2/c1-2-14-5-3-8-16(9-6-14)11-15(12-17)7-4-10-18-13-15/h12,14H,2-11,13H2,1H3. The minimum absolute atomic E-state index is 0.218. The molecule has 0 bridgehead atoms. The van der Waals surface area contributed by atoms with Crippen LogP contribution in [0.4, 0.5) is 0 Å². The summed E-state index contributed by atoms with van der Waals surface area (Å²) in [6.45, 7) is 6.98. The molecule has 2 atom stereocenters. The highest BCUT2D eigenvalue weighted by Crippen LogP contribution is 2.29. The molecule has 2 unspecified atom stereocenters. The number of hydrogen-bond donors (Lipinski definition) is 0. The van der Waals surface area contributed by atoms with Gasteiger partial charge in [-0.1, -0.05) is 13.3 Å². The maximum atomic E-state index is 11.5. The Bertz CT molecular complexity index is 261. The van der Waals surface area contributed by atoms with Crippen molar-refractivity contribution >= 4 is 6.29 Å². The minimum Gasteiger partial charge on any atom is -0.380 e. The second kappa shape index (κ2) is 6.67. The number of ether oxygens (including phenoxy) is 1. The molecule has 2 saturated heterocycles. The van der Waals surface area contributed by atoms with Crippen LogP contribution in [0.15, 0.2) is 0 Å².